The van der Waals surface area contributed by atoms with Crippen LogP contribution in [0.25, 0.3) is 0 Å². The summed E-state index contributed by atoms with van der Waals surface area (Å²) in [5.74, 6) is 0.449. The van der Waals surface area contributed by atoms with Gasteiger partial charge in [-0.1, -0.05) is 12.8 Å². The highest BCUT2D eigenvalue weighted by molar-refractivity contribution is 6.02. The molecule has 1 aliphatic carbocycles. The lowest BCUT2D eigenvalue weighted by Crippen LogP contribution is -2.74. The summed E-state index contributed by atoms with van der Waals surface area (Å²) in [4.78, 5) is 29.1. The molecule has 3 fully saturated rings. The second kappa shape index (κ2) is 4.50. The highest BCUT2D eigenvalue weighted by Gasteiger charge is 2.65. The van der Waals surface area contributed by atoms with Gasteiger partial charge in [0.15, 0.2) is 0 Å². The Morgan fingerprint density at radius 3 is 2.26 bits per heavy atom. The topological polar surface area (TPSA) is 40.6 Å². The number of hydrogen-bond donors (Lipinski definition) is 0. The van der Waals surface area contributed by atoms with E-state index in [1.807, 2.05) is 23.6 Å². The van der Waals surface area contributed by atoms with Crippen LogP contribution in [0.1, 0.15) is 52.4 Å². The van der Waals surface area contributed by atoms with Crippen LogP contribution in [0.15, 0.2) is 0 Å². The first-order chi connectivity index (χ1) is 9.08. The number of hydrogen-bond acceptors (Lipinski definition) is 2. The molecule has 0 aromatic rings. The predicted molar refractivity (Wildman–Crippen MR) is 72.5 cm³/mol. The summed E-state index contributed by atoms with van der Waals surface area (Å²) in [5.41, 5.74) is -0.329. The van der Waals surface area contributed by atoms with Crippen molar-refractivity contribution in [3.05, 3.63) is 0 Å². The Bertz CT molecular complexity index is 393. The molecule has 0 radical (unpaired) electrons. The van der Waals surface area contributed by atoms with Gasteiger partial charge in [-0.3, -0.25) is 9.59 Å². The molecule has 2 saturated heterocycles. The fraction of sp³-hybridized carbons (Fsp3) is 0.867. The summed E-state index contributed by atoms with van der Waals surface area (Å²) in [6.07, 6.45) is 6.25. The molecule has 19 heavy (non-hydrogen) atoms. The van der Waals surface area contributed by atoms with Crippen LogP contribution in [-0.2, 0) is 9.59 Å². The van der Waals surface area contributed by atoms with Gasteiger partial charge in [-0.25, -0.2) is 0 Å². The number of carbonyl (C=O) groups is 2. The van der Waals surface area contributed by atoms with Gasteiger partial charge < -0.3 is 9.80 Å². The maximum atomic E-state index is 12.8. The smallest absolute Gasteiger partial charge is 0.246 e. The summed E-state index contributed by atoms with van der Waals surface area (Å²) in [5, 5.41) is 0. The van der Waals surface area contributed by atoms with Crippen LogP contribution in [-0.4, -0.2) is 46.8 Å². The van der Waals surface area contributed by atoms with Gasteiger partial charge in [-0.15, -0.1) is 0 Å². The van der Waals surface area contributed by atoms with Crippen LogP contribution in [0.2, 0.25) is 0 Å². The molecule has 1 atom stereocenters. The van der Waals surface area contributed by atoms with Crippen LogP contribution in [0, 0.1) is 5.41 Å². The monoisotopic (exact) mass is 264 g/mol. The van der Waals surface area contributed by atoms with E-state index in [-0.39, 0.29) is 29.3 Å². The molecule has 4 heteroatoms. The zero-order valence-electron chi connectivity index (χ0n) is 12.0. The van der Waals surface area contributed by atoms with Crippen LogP contribution < -0.4 is 0 Å². The summed E-state index contributed by atoms with van der Waals surface area (Å²) >= 11 is 0. The van der Waals surface area contributed by atoms with E-state index in [1.54, 1.807) is 0 Å². The van der Waals surface area contributed by atoms with Crippen molar-refractivity contribution in [2.45, 2.75) is 64.5 Å². The molecule has 1 spiro atoms. The average Bonchev–Trinajstić information content (AvgIpc) is 3.04. The first-order valence-electron chi connectivity index (χ1n) is 7.69. The Kier molecular flexibility index (Phi) is 3.06. The normalized spacial score (nSPS) is 29.4. The molecule has 0 aromatic heterocycles. The van der Waals surface area contributed by atoms with Crippen molar-refractivity contribution in [2.75, 3.05) is 13.1 Å². The maximum Gasteiger partial charge on any atom is 0.246 e. The second-order valence-electron chi connectivity index (χ2n) is 6.60. The zero-order chi connectivity index (χ0) is 13.6. The summed E-state index contributed by atoms with van der Waals surface area (Å²) in [6, 6.07) is -0.0316. The minimum Gasteiger partial charge on any atom is -0.341 e. The lowest BCUT2D eigenvalue weighted by atomic mass is 9.67. The number of rotatable bonds is 2. The van der Waals surface area contributed by atoms with Gasteiger partial charge in [0.2, 0.25) is 11.8 Å². The molecule has 4 nitrogen and oxygen atoms in total. The quantitative estimate of drug-likeness (QED) is 0.713. The molecule has 3 aliphatic rings. The minimum absolute atomic E-state index is 0.135. The van der Waals surface area contributed by atoms with Crippen LogP contribution >= 0.6 is 0 Å². The molecule has 3 rings (SSSR count). The second-order valence-corrected chi connectivity index (χ2v) is 6.60. The van der Waals surface area contributed by atoms with Gasteiger partial charge >= 0.3 is 0 Å². The van der Waals surface area contributed by atoms with E-state index in [0.717, 1.165) is 51.6 Å². The fourth-order valence-corrected chi connectivity index (χ4v) is 4.18. The van der Waals surface area contributed by atoms with Crippen molar-refractivity contribution in [2.24, 2.45) is 5.41 Å². The van der Waals surface area contributed by atoms with Crippen molar-refractivity contribution in [1.29, 1.82) is 0 Å². The largest absolute Gasteiger partial charge is 0.341 e. The van der Waals surface area contributed by atoms with E-state index in [9.17, 15) is 9.59 Å². The Labute approximate surface area is 115 Å². The SMILES string of the molecule is CC(C)N1C(=O)C2(CCCC2)C1C(=O)N1CCCC1. The lowest BCUT2D eigenvalue weighted by Gasteiger charge is -2.56. The molecular weight excluding hydrogens is 240 g/mol. The van der Waals surface area contributed by atoms with E-state index in [2.05, 4.69) is 0 Å². The molecule has 1 saturated carbocycles. The molecule has 106 valence electrons. The standard InChI is InChI=1S/C15H24N2O2/c1-11(2)17-12(13(18)16-9-5-6-10-16)15(14(17)19)7-3-4-8-15/h11-12H,3-10H2,1-2H3. The Morgan fingerprint density at radius 1 is 1.16 bits per heavy atom. The van der Waals surface area contributed by atoms with Crippen molar-refractivity contribution in [3.63, 3.8) is 0 Å². The van der Waals surface area contributed by atoms with Gasteiger partial charge in [0, 0.05) is 19.1 Å². The number of amides is 2. The third-order valence-electron chi connectivity index (χ3n) is 5.17. The van der Waals surface area contributed by atoms with Crippen molar-refractivity contribution < 1.29 is 9.59 Å². The molecule has 1 unspecified atom stereocenters. The highest BCUT2D eigenvalue weighted by Crippen LogP contribution is 2.52. The van der Waals surface area contributed by atoms with Gasteiger partial charge in [-0.2, -0.15) is 0 Å². The number of nitrogens with zero attached hydrogens (tertiary/aromatic N) is 2. The van der Waals surface area contributed by atoms with E-state index in [0.29, 0.717) is 0 Å². The molecular formula is C15H24N2O2. The lowest BCUT2D eigenvalue weighted by molar-refractivity contribution is -0.184. The van der Waals surface area contributed by atoms with Crippen molar-refractivity contribution in [1.82, 2.24) is 9.80 Å². The molecule has 2 aliphatic heterocycles. The molecule has 2 amide bonds. The van der Waals surface area contributed by atoms with E-state index in [1.165, 1.54) is 0 Å². The average molecular weight is 264 g/mol. The van der Waals surface area contributed by atoms with Gasteiger partial charge in [0.05, 0.1) is 5.41 Å². The van der Waals surface area contributed by atoms with E-state index >= 15 is 0 Å². The molecule has 2 heterocycles. The summed E-state index contributed by atoms with van der Waals surface area (Å²) < 4.78 is 0. The first-order valence-corrected chi connectivity index (χ1v) is 7.69. The molecule has 0 aromatic carbocycles. The zero-order valence-corrected chi connectivity index (χ0v) is 12.0. The van der Waals surface area contributed by atoms with Gasteiger partial charge in [0.1, 0.15) is 6.04 Å². The van der Waals surface area contributed by atoms with Gasteiger partial charge in [0.25, 0.3) is 0 Å². The van der Waals surface area contributed by atoms with Crippen molar-refractivity contribution in [3.8, 4) is 0 Å². The minimum atomic E-state index is -0.329. The Balaban J connectivity index is 1.85. The Morgan fingerprint density at radius 2 is 1.74 bits per heavy atom. The van der Waals surface area contributed by atoms with Crippen LogP contribution in [0.3, 0.4) is 0 Å². The van der Waals surface area contributed by atoms with E-state index < -0.39 is 0 Å². The van der Waals surface area contributed by atoms with Crippen LogP contribution in [0.5, 0.6) is 0 Å². The number of β-lactam (4-membered cyclic amide) rings is 1. The van der Waals surface area contributed by atoms with Gasteiger partial charge in [-0.05, 0) is 39.5 Å². The number of likely N-dealkylation sites (tertiary alicyclic amines) is 2. The Hall–Kier alpha value is -1.06. The summed E-state index contributed by atoms with van der Waals surface area (Å²) in [7, 11) is 0. The predicted octanol–water partition coefficient (Wildman–Crippen LogP) is 1.79. The first kappa shape index (κ1) is 12.9. The van der Waals surface area contributed by atoms with Crippen LogP contribution in [0.4, 0.5) is 0 Å². The third kappa shape index (κ3) is 1.72. The molecule has 0 bridgehead atoms. The third-order valence-corrected chi connectivity index (χ3v) is 5.17. The van der Waals surface area contributed by atoms with E-state index in [4.69, 9.17) is 0 Å². The van der Waals surface area contributed by atoms with Crippen molar-refractivity contribution >= 4 is 11.8 Å². The number of carbonyl (C=O) groups excluding carboxylic acids is 2. The fourth-order valence-electron chi connectivity index (χ4n) is 4.18. The highest BCUT2D eigenvalue weighted by atomic mass is 16.2. The molecule has 0 N–H and O–H groups in total. The summed E-state index contributed by atoms with van der Waals surface area (Å²) in [6.45, 7) is 5.80. The maximum absolute atomic E-state index is 12.8.